The molecule has 0 amide bonds. The number of hydrogen-bond donors (Lipinski definition) is 1. The minimum Gasteiger partial charge on any atom is -0.319 e. The van der Waals surface area contributed by atoms with Crippen molar-refractivity contribution in [3.63, 3.8) is 0 Å². The molecule has 0 aliphatic carbocycles. The second-order valence-electron chi connectivity index (χ2n) is 3.91. The van der Waals surface area contributed by atoms with E-state index in [-0.39, 0.29) is 5.92 Å². The normalized spacial score (nSPS) is 15.4. The van der Waals surface area contributed by atoms with Crippen LogP contribution >= 0.6 is 0 Å². The molecular weight excluding hydrogens is 162 g/mol. The van der Waals surface area contributed by atoms with Gasteiger partial charge < -0.3 is 10.2 Å². The van der Waals surface area contributed by atoms with Gasteiger partial charge in [-0.25, -0.2) is 0 Å². The van der Waals surface area contributed by atoms with E-state index in [0.29, 0.717) is 5.92 Å². The molecule has 0 saturated heterocycles. The Morgan fingerprint density at radius 2 is 2.00 bits per heavy atom. The number of rotatable bonds is 6. The summed E-state index contributed by atoms with van der Waals surface area (Å²) in [6.45, 7) is 7.12. The van der Waals surface area contributed by atoms with Gasteiger partial charge in [0.2, 0.25) is 0 Å². The molecule has 3 nitrogen and oxygen atoms in total. The van der Waals surface area contributed by atoms with Crippen LogP contribution in [0.15, 0.2) is 0 Å². The minimum absolute atomic E-state index is 0.131. The van der Waals surface area contributed by atoms with Crippen molar-refractivity contribution in [2.24, 2.45) is 11.8 Å². The molecule has 0 aromatic heterocycles. The first-order valence-electron chi connectivity index (χ1n) is 4.82. The molecule has 0 aromatic carbocycles. The maximum absolute atomic E-state index is 8.63. The van der Waals surface area contributed by atoms with Gasteiger partial charge in [0.25, 0.3) is 0 Å². The molecule has 0 aromatic rings. The molecule has 3 heteroatoms. The van der Waals surface area contributed by atoms with Crippen molar-refractivity contribution >= 4 is 0 Å². The zero-order valence-electron chi connectivity index (χ0n) is 9.17. The molecule has 0 radical (unpaired) electrons. The van der Waals surface area contributed by atoms with Gasteiger partial charge in [0.05, 0.1) is 12.0 Å². The Hall–Kier alpha value is -0.590. The van der Waals surface area contributed by atoms with Crippen molar-refractivity contribution in [3.05, 3.63) is 0 Å². The second kappa shape index (κ2) is 6.88. The summed E-state index contributed by atoms with van der Waals surface area (Å²) in [6, 6.07) is 2.24. The summed E-state index contributed by atoms with van der Waals surface area (Å²) in [5.74, 6) is 0.771. The van der Waals surface area contributed by atoms with Gasteiger partial charge >= 0.3 is 0 Å². The Morgan fingerprint density at radius 1 is 1.38 bits per heavy atom. The van der Waals surface area contributed by atoms with E-state index >= 15 is 0 Å². The van der Waals surface area contributed by atoms with E-state index in [1.54, 1.807) is 0 Å². The number of nitrogens with one attached hydrogen (secondary N) is 1. The minimum atomic E-state index is 0.131. The van der Waals surface area contributed by atoms with Gasteiger partial charge in [0, 0.05) is 13.1 Å². The van der Waals surface area contributed by atoms with Crippen LogP contribution in [0.2, 0.25) is 0 Å². The average Bonchev–Trinajstić information content (AvgIpc) is 2.04. The lowest BCUT2D eigenvalue weighted by atomic mass is 10.1. The molecule has 13 heavy (non-hydrogen) atoms. The Labute approximate surface area is 81.7 Å². The molecule has 2 atom stereocenters. The highest BCUT2D eigenvalue weighted by molar-refractivity contribution is 4.80. The Balaban J connectivity index is 3.61. The van der Waals surface area contributed by atoms with Crippen LogP contribution in [-0.4, -0.2) is 38.6 Å². The molecule has 2 unspecified atom stereocenters. The van der Waals surface area contributed by atoms with Crippen LogP contribution in [0.3, 0.4) is 0 Å². The molecule has 0 rings (SSSR count). The van der Waals surface area contributed by atoms with Gasteiger partial charge in [-0.15, -0.1) is 0 Å². The van der Waals surface area contributed by atoms with Gasteiger partial charge in [-0.05, 0) is 33.5 Å². The quantitative estimate of drug-likeness (QED) is 0.666. The topological polar surface area (TPSA) is 39.1 Å². The first-order chi connectivity index (χ1) is 6.10. The zero-order valence-corrected chi connectivity index (χ0v) is 9.17. The third-order valence-electron chi connectivity index (χ3n) is 1.98. The molecule has 0 saturated carbocycles. The van der Waals surface area contributed by atoms with Gasteiger partial charge in [-0.1, -0.05) is 6.92 Å². The lowest BCUT2D eigenvalue weighted by Gasteiger charge is -2.21. The molecule has 0 heterocycles. The summed E-state index contributed by atoms with van der Waals surface area (Å²) in [5.41, 5.74) is 0. The lowest BCUT2D eigenvalue weighted by molar-refractivity contribution is 0.267. The van der Waals surface area contributed by atoms with Crippen LogP contribution in [0.25, 0.3) is 0 Å². The Bertz CT molecular complexity index is 162. The average molecular weight is 183 g/mol. The van der Waals surface area contributed by atoms with Crippen LogP contribution in [0, 0.1) is 23.2 Å². The monoisotopic (exact) mass is 183 g/mol. The maximum Gasteiger partial charge on any atom is 0.0666 e. The number of nitriles is 1. The van der Waals surface area contributed by atoms with E-state index < -0.39 is 0 Å². The number of nitrogens with zero attached hydrogens (tertiary/aromatic N) is 2. The van der Waals surface area contributed by atoms with Crippen molar-refractivity contribution < 1.29 is 0 Å². The van der Waals surface area contributed by atoms with Crippen LogP contribution in [-0.2, 0) is 0 Å². The van der Waals surface area contributed by atoms with E-state index in [0.717, 1.165) is 19.6 Å². The predicted molar refractivity (Wildman–Crippen MR) is 55.4 cm³/mol. The first-order valence-corrected chi connectivity index (χ1v) is 4.82. The summed E-state index contributed by atoms with van der Waals surface area (Å²) >= 11 is 0. The predicted octanol–water partition coefficient (Wildman–Crippen LogP) is 0.933. The lowest BCUT2D eigenvalue weighted by Crippen LogP contribution is -2.32. The summed E-state index contributed by atoms with van der Waals surface area (Å²) in [5, 5.41) is 11.8. The fraction of sp³-hybridized carbons (Fsp3) is 0.900. The first kappa shape index (κ1) is 12.4. The molecule has 0 spiro atoms. The van der Waals surface area contributed by atoms with Crippen molar-refractivity contribution in [1.29, 1.82) is 5.26 Å². The Morgan fingerprint density at radius 3 is 2.46 bits per heavy atom. The second-order valence-corrected chi connectivity index (χ2v) is 3.91. The summed E-state index contributed by atoms with van der Waals surface area (Å²) in [4.78, 5) is 2.22. The SMILES string of the molecule is CNCC(C)CN(C)CC(C)C#N. The fourth-order valence-electron chi connectivity index (χ4n) is 1.53. The molecule has 1 N–H and O–H groups in total. The molecule has 76 valence electrons. The third kappa shape index (κ3) is 6.56. The summed E-state index contributed by atoms with van der Waals surface area (Å²) in [6.07, 6.45) is 0. The standard InChI is InChI=1S/C10H21N3/c1-9(5-11)7-13(4)8-10(2)6-12-3/h9-10,12H,6-8H2,1-4H3. The highest BCUT2D eigenvalue weighted by Crippen LogP contribution is 2.00. The maximum atomic E-state index is 8.63. The van der Waals surface area contributed by atoms with Crippen molar-refractivity contribution in [1.82, 2.24) is 10.2 Å². The van der Waals surface area contributed by atoms with Crippen molar-refractivity contribution in [2.75, 3.05) is 33.7 Å². The van der Waals surface area contributed by atoms with Gasteiger partial charge in [0.1, 0.15) is 0 Å². The van der Waals surface area contributed by atoms with E-state index in [1.165, 1.54) is 0 Å². The van der Waals surface area contributed by atoms with Crippen molar-refractivity contribution in [3.8, 4) is 6.07 Å². The zero-order chi connectivity index (χ0) is 10.3. The van der Waals surface area contributed by atoms with Crippen molar-refractivity contribution in [2.45, 2.75) is 13.8 Å². The van der Waals surface area contributed by atoms with E-state index in [9.17, 15) is 0 Å². The molecule has 0 bridgehead atoms. The van der Waals surface area contributed by atoms with Crippen LogP contribution in [0.5, 0.6) is 0 Å². The van der Waals surface area contributed by atoms with E-state index in [1.807, 2.05) is 14.0 Å². The van der Waals surface area contributed by atoms with E-state index in [2.05, 4.69) is 30.3 Å². The van der Waals surface area contributed by atoms with Crippen LogP contribution < -0.4 is 5.32 Å². The van der Waals surface area contributed by atoms with Crippen LogP contribution in [0.4, 0.5) is 0 Å². The van der Waals surface area contributed by atoms with Gasteiger partial charge in [-0.3, -0.25) is 0 Å². The summed E-state index contributed by atoms with van der Waals surface area (Å²) in [7, 11) is 4.04. The number of hydrogen-bond acceptors (Lipinski definition) is 3. The third-order valence-corrected chi connectivity index (χ3v) is 1.98. The smallest absolute Gasteiger partial charge is 0.0666 e. The van der Waals surface area contributed by atoms with Gasteiger partial charge in [0.15, 0.2) is 0 Å². The molecule has 0 aliphatic heterocycles. The Kier molecular flexibility index (Phi) is 6.56. The van der Waals surface area contributed by atoms with E-state index in [4.69, 9.17) is 5.26 Å². The molecule has 0 fully saturated rings. The summed E-state index contributed by atoms with van der Waals surface area (Å²) < 4.78 is 0. The fourth-order valence-corrected chi connectivity index (χ4v) is 1.53. The molecule has 0 aliphatic rings. The van der Waals surface area contributed by atoms with Crippen LogP contribution in [0.1, 0.15) is 13.8 Å². The highest BCUT2D eigenvalue weighted by atomic mass is 15.1. The van der Waals surface area contributed by atoms with Gasteiger partial charge in [-0.2, -0.15) is 5.26 Å². The largest absolute Gasteiger partial charge is 0.319 e. The highest BCUT2D eigenvalue weighted by Gasteiger charge is 2.08. The molecular formula is C10H21N3.